The van der Waals surface area contributed by atoms with Crippen LogP contribution in [0.4, 0.5) is 0 Å². The summed E-state index contributed by atoms with van der Waals surface area (Å²) in [4.78, 5) is 21.3. The SMILES string of the molecule is CN(C)C1(c2nnnn2C2CCCC2)CCCN(C(=O)c2ccccn2)C1. The molecule has 144 valence electrons. The van der Waals surface area contributed by atoms with E-state index in [0.29, 0.717) is 18.3 Å². The first-order valence-electron chi connectivity index (χ1n) is 9.78. The molecule has 0 aromatic carbocycles. The largest absolute Gasteiger partial charge is 0.335 e. The Morgan fingerprint density at radius 1 is 1.22 bits per heavy atom. The van der Waals surface area contributed by atoms with Crippen molar-refractivity contribution < 1.29 is 4.79 Å². The zero-order valence-corrected chi connectivity index (χ0v) is 16.1. The molecule has 1 amide bonds. The molecular formula is C19H27N7O. The van der Waals surface area contributed by atoms with Gasteiger partial charge in [-0.1, -0.05) is 18.9 Å². The van der Waals surface area contributed by atoms with Gasteiger partial charge in [0, 0.05) is 19.3 Å². The van der Waals surface area contributed by atoms with E-state index < -0.39 is 0 Å². The van der Waals surface area contributed by atoms with Crippen LogP contribution in [0.15, 0.2) is 24.4 Å². The third-order valence-electron chi connectivity index (χ3n) is 6.08. The van der Waals surface area contributed by atoms with Crippen LogP contribution in [0.25, 0.3) is 0 Å². The molecule has 2 aliphatic rings. The monoisotopic (exact) mass is 369 g/mol. The molecule has 1 unspecified atom stereocenters. The van der Waals surface area contributed by atoms with Gasteiger partial charge in [0.15, 0.2) is 5.82 Å². The second kappa shape index (κ2) is 7.34. The Morgan fingerprint density at radius 2 is 2.04 bits per heavy atom. The number of amides is 1. The first kappa shape index (κ1) is 18.0. The van der Waals surface area contributed by atoms with E-state index in [-0.39, 0.29) is 11.4 Å². The van der Waals surface area contributed by atoms with Gasteiger partial charge < -0.3 is 4.90 Å². The van der Waals surface area contributed by atoms with Crippen molar-refractivity contribution in [3.05, 3.63) is 35.9 Å². The maximum atomic E-state index is 13.0. The van der Waals surface area contributed by atoms with E-state index in [0.717, 1.165) is 38.1 Å². The topological polar surface area (TPSA) is 80.0 Å². The second-order valence-corrected chi connectivity index (χ2v) is 7.86. The molecule has 0 N–H and O–H groups in total. The average Bonchev–Trinajstić information content (AvgIpc) is 3.39. The second-order valence-electron chi connectivity index (χ2n) is 7.86. The number of rotatable bonds is 4. The van der Waals surface area contributed by atoms with E-state index in [4.69, 9.17) is 0 Å². The van der Waals surface area contributed by atoms with Crippen LogP contribution in [0, 0.1) is 0 Å². The number of carbonyl (C=O) groups is 1. The Bertz CT molecular complexity index is 784. The predicted molar refractivity (Wildman–Crippen MR) is 100 cm³/mol. The van der Waals surface area contributed by atoms with Crippen LogP contribution in [0.1, 0.15) is 60.9 Å². The number of hydrogen-bond acceptors (Lipinski definition) is 6. The lowest BCUT2D eigenvalue weighted by Crippen LogP contribution is -2.56. The van der Waals surface area contributed by atoms with Gasteiger partial charge in [-0.15, -0.1) is 5.10 Å². The molecule has 1 aliphatic heterocycles. The van der Waals surface area contributed by atoms with Crippen molar-refractivity contribution in [2.45, 2.75) is 50.1 Å². The van der Waals surface area contributed by atoms with Crippen LogP contribution in [-0.2, 0) is 5.54 Å². The molecule has 1 saturated heterocycles. The van der Waals surface area contributed by atoms with Gasteiger partial charge in [0.2, 0.25) is 0 Å². The van der Waals surface area contributed by atoms with Crippen molar-refractivity contribution >= 4 is 5.91 Å². The highest BCUT2D eigenvalue weighted by atomic mass is 16.2. The zero-order valence-electron chi connectivity index (χ0n) is 16.1. The van der Waals surface area contributed by atoms with Gasteiger partial charge in [0.25, 0.3) is 5.91 Å². The fraction of sp³-hybridized carbons (Fsp3) is 0.632. The summed E-state index contributed by atoms with van der Waals surface area (Å²) in [6.45, 7) is 1.30. The van der Waals surface area contributed by atoms with Gasteiger partial charge in [-0.2, -0.15) is 0 Å². The summed E-state index contributed by atoms with van der Waals surface area (Å²) in [5.74, 6) is 0.860. The lowest BCUT2D eigenvalue weighted by Gasteiger charge is -2.46. The molecule has 0 bridgehead atoms. The van der Waals surface area contributed by atoms with Crippen molar-refractivity contribution in [2.75, 3.05) is 27.2 Å². The normalized spacial score (nSPS) is 23.9. The molecule has 2 aromatic heterocycles. The van der Waals surface area contributed by atoms with E-state index in [9.17, 15) is 4.79 Å². The van der Waals surface area contributed by atoms with Crippen LogP contribution in [0.5, 0.6) is 0 Å². The van der Waals surface area contributed by atoms with Gasteiger partial charge in [-0.25, -0.2) is 4.68 Å². The average molecular weight is 369 g/mol. The minimum atomic E-state index is -0.380. The number of pyridine rings is 1. The molecule has 2 fully saturated rings. The number of likely N-dealkylation sites (tertiary alicyclic amines) is 1. The van der Waals surface area contributed by atoms with E-state index >= 15 is 0 Å². The number of tetrazole rings is 1. The zero-order chi connectivity index (χ0) is 18.9. The number of piperidine rings is 1. The van der Waals surface area contributed by atoms with Crippen LogP contribution in [0.2, 0.25) is 0 Å². The maximum Gasteiger partial charge on any atom is 0.272 e. The molecule has 0 radical (unpaired) electrons. The summed E-state index contributed by atoms with van der Waals surface area (Å²) >= 11 is 0. The molecule has 27 heavy (non-hydrogen) atoms. The first-order chi connectivity index (χ1) is 13.1. The number of likely N-dealkylation sites (N-methyl/N-ethyl adjacent to an activating group) is 1. The van der Waals surface area contributed by atoms with Crippen molar-refractivity contribution in [3.63, 3.8) is 0 Å². The van der Waals surface area contributed by atoms with Crippen LogP contribution in [0.3, 0.4) is 0 Å². The lowest BCUT2D eigenvalue weighted by atomic mass is 9.86. The van der Waals surface area contributed by atoms with Crippen molar-refractivity contribution in [2.24, 2.45) is 0 Å². The first-order valence-corrected chi connectivity index (χ1v) is 9.78. The Morgan fingerprint density at radius 3 is 2.74 bits per heavy atom. The van der Waals surface area contributed by atoms with E-state index in [1.807, 2.05) is 21.7 Å². The van der Waals surface area contributed by atoms with Crippen molar-refractivity contribution in [1.82, 2.24) is 35.0 Å². The summed E-state index contributed by atoms with van der Waals surface area (Å²) in [5, 5.41) is 12.8. The molecule has 8 nitrogen and oxygen atoms in total. The summed E-state index contributed by atoms with van der Waals surface area (Å²) < 4.78 is 2.03. The minimum Gasteiger partial charge on any atom is -0.335 e. The molecule has 1 atom stereocenters. The Hall–Kier alpha value is -2.35. The Labute approximate surface area is 159 Å². The van der Waals surface area contributed by atoms with E-state index in [2.05, 4.69) is 39.5 Å². The van der Waals surface area contributed by atoms with Crippen LogP contribution >= 0.6 is 0 Å². The molecular weight excluding hydrogens is 342 g/mol. The quantitative estimate of drug-likeness (QED) is 0.819. The third-order valence-corrected chi connectivity index (χ3v) is 6.08. The van der Waals surface area contributed by atoms with E-state index in [1.54, 1.807) is 12.3 Å². The highest BCUT2D eigenvalue weighted by molar-refractivity contribution is 5.92. The molecule has 1 aliphatic carbocycles. The molecule has 8 heteroatoms. The van der Waals surface area contributed by atoms with Gasteiger partial charge in [0.05, 0.1) is 6.04 Å². The summed E-state index contributed by atoms with van der Waals surface area (Å²) in [5.41, 5.74) is 0.108. The van der Waals surface area contributed by atoms with Crippen LogP contribution < -0.4 is 0 Å². The molecule has 0 spiro atoms. The standard InChI is InChI=1S/C19H27N7O/c1-24(2)19(18-21-22-23-26(18)15-8-3-4-9-15)11-7-13-25(14-19)17(27)16-10-5-6-12-20-16/h5-6,10,12,15H,3-4,7-9,11,13-14H2,1-2H3. The predicted octanol–water partition coefficient (Wildman–Crippen LogP) is 1.88. The highest BCUT2D eigenvalue weighted by Crippen LogP contribution is 2.38. The Balaban J connectivity index is 1.66. The smallest absolute Gasteiger partial charge is 0.272 e. The van der Waals surface area contributed by atoms with Gasteiger partial charge >= 0.3 is 0 Å². The minimum absolute atomic E-state index is 0.0265. The van der Waals surface area contributed by atoms with Crippen LogP contribution in [-0.4, -0.2) is 68.1 Å². The lowest BCUT2D eigenvalue weighted by molar-refractivity contribution is 0.0246. The Kier molecular flexibility index (Phi) is 4.90. The third kappa shape index (κ3) is 3.22. The van der Waals surface area contributed by atoms with Crippen molar-refractivity contribution in [3.8, 4) is 0 Å². The number of carbonyl (C=O) groups excluding carboxylic acids is 1. The summed E-state index contributed by atoms with van der Waals surface area (Å²) in [7, 11) is 4.12. The maximum absolute atomic E-state index is 13.0. The highest BCUT2D eigenvalue weighted by Gasteiger charge is 2.45. The number of hydrogen-bond donors (Lipinski definition) is 0. The molecule has 2 aromatic rings. The van der Waals surface area contributed by atoms with Gasteiger partial charge in [-0.3, -0.25) is 14.7 Å². The van der Waals surface area contributed by atoms with Gasteiger partial charge in [-0.05, 0) is 62.3 Å². The van der Waals surface area contributed by atoms with Crippen molar-refractivity contribution in [1.29, 1.82) is 0 Å². The van der Waals surface area contributed by atoms with E-state index in [1.165, 1.54) is 12.8 Å². The fourth-order valence-electron chi connectivity index (χ4n) is 4.50. The fourth-order valence-corrected chi connectivity index (χ4v) is 4.50. The molecule has 1 saturated carbocycles. The molecule has 3 heterocycles. The summed E-state index contributed by atoms with van der Waals surface area (Å²) in [6.07, 6.45) is 8.20. The molecule has 4 rings (SSSR count). The number of nitrogens with zero attached hydrogens (tertiary/aromatic N) is 7. The summed E-state index contributed by atoms with van der Waals surface area (Å²) in [6, 6.07) is 5.82. The van der Waals surface area contributed by atoms with Gasteiger partial charge in [0.1, 0.15) is 11.2 Å². The number of aromatic nitrogens is 5.